The van der Waals surface area contributed by atoms with Crippen LogP contribution >= 0.6 is 0 Å². The van der Waals surface area contributed by atoms with Gasteiger partial charge in [-0.1, -0.05) is 92.6 Å². The van der Waals surface area contributed by atoms with Gasteiger partial charge in [-0.15, -0.1) is 0 Å². The lowest BCUT2D eigenvalue weighted by atomic mass is 9.92. The minimum atomic E-state index is -1.01. The molecular formula is C43H51N4O5+. The van der Waals surface area contributed by atoms with Crippen molar-refractivity contribution in [1.29, 1.82) is 0 Å². The second-order valence-corrected chi connectivity index (χ2v) is 14.1. The number of aromatic hydroxyl groups is 1. The fraction of sp³-hybridized carbons (Fsp3) is 0.395. The van der Waals surface area contributed by atoms with Crippen molar-refractivity contribution in [3.63, 3.8) is 0 Å². The molecular weight excluding hydrogens is 652 g/mol. The lowest BCUT2D eigenvalue weighted by Gasteiger charge is -2.23. The number of Topliss-reactive ketones (excluding diaryl/α,β-unsaturated/α-hetero) is 1. The summed E-state index contributed by atoms with van der Waals surface area (Å²) in [6, 6.07) is 21.4. The third-order valence-corrected chi connectivity index (χ3v) is 10.1. The fourth-order valence-electron chi connectivity index (χ4n) is 7.08. The number of carbonyl (C=O) groups excluding carboxylic acids is 1. The van der Waals surface area contributed by atoms with Gasteiger partial charge in [0, 0.05) is 31.2 Å². The number of phenols is 1. The molecule has 5 unspecified atom stereocenters. The van der Waals surface area contributed by atoms with Gasteiger partial charge in [-0.2, -0.15) is 0 Å². The van der Waals surface area contributed by atoms with Gasteiger partial charge in [0.25, 0.3) is 0 Å². The van der Waals surface area contributed by atoms with Gasteiger partial charge >= 0.3 is 0 Å². The first kappa shape index (κ1) is 37.2. The molecule has 0 radical (unpaired) electrons. The van der Waals surface area contributed by atoms with E-state index in [9.17, 15) is 20.1 Å². The van der Waals surface area contributed by atoms with E-state index < -0.39 is 18.4 Å². The highest BCUT2D eigenvalue weighted by Crippen LogP contribution is 2.32. The number of rotatable bonds is 16. The number of allylic oxidation sites excluding steroid dienone is 1. The number of carbonyl (C=O) groups is 1. The molecule has 2 bridgehead atoms. The number of nitrogens with one attached hydrogen (secondary N) is 2. The van der Waals surface area contributed by atoms with E-state index in [1.54, 1.807) is 18.2 Å². The molecule has 6 rings (SSSR count). The van der Waals surface area contributed by atoms with Crippen LogP contribution < -0.4 is 20.7 Å². The van der Waals surface area contributed by atoms with Gasteiger partial charge in [0.15, 0.2) is 11.5 Å². The maximum Gasteiger partial charge on any atom is 0.247 e. The van der Waals surface area contributed by atoms with Crippen LogP contribution in [0.2, 0.25) is 0 Å². The Kier molecular flexibility index (Phi) is 12.7. The van der Waals surface area contributed by atoms with Gasteiger partial charge in [0.1, 0.15) is 36.7 Å². The number of benzene rings is 3. The maximum atomic E-state index is 12.6. The minimum absolute atomic E-state index is 0.00222. The maximum absolute atomic E-state index is 12.6. The summed E-state index contributed by atoms with van der Waals surface area (Å²) < 4.78 is 6.47. The Bertz CT molecular complexity index is 1870. The zero-order chi connectivity index (χ0) is 36.5. The van der Waals surface area contributed by atoms with Gasteiger partial charge in [0.05, 0.1) is 12.3 Å². The van der Waals surface area contributed by atoms with E-state index in [2.05, 4.69) is 48.5 Å². The number of phenolic OH excluding ortho intramolecular Hbond substituents is 1. The number of ether oxygens (including phenoxy) is 1. The van der Waals surface area contributed by atoms with Crippen LogP contribution in [-0.2, 0) is 24.1 Å². The van der Waals surface area contributed by atoms with Crippen molar-refractivity contribution in [3.05, 3.63) is 118 Å². The number of aliphatic hydroxyl groups excluding tert-OH is 2. The number of aryl methyl sites for hydroxylation is 1. The molecule has 9 nitrogen and oxygen atoms in total. The summed E-state index contributed by atoms with van der Waals surface area (Å²) in [5.74, 6) is 6.55. The molecule has 0 fully saturated rings. The molecule has 0 amide bonds. The molecule has 7 N–H and O–H groups in total. The summed E-state index contributed by atoms with van der Waals surface area (Å²) in [4.78, 5) is 18.3. The predicted molar refractivity (Wildman–Crippen MR) is 203 cm³/mol. The van der Waals surface area contributed by atoms with Crippen molar-refractivity contribution in [2.75, 3.05) is 13.1 Å². The number of quaternary nitrogens is 1. The summed E-state index contributed by atoms with van der Waals surface area (Å²) >= 11 is 0. The molecule has 3 aromatic rings. The topological polar surface area (TPSA) is 142 Å². The van der Waals surface area contributed by atoms with Crippen LogP contribution in [0.4, 0.5) is 0 Å². The smallest absolute Gasteiger partial charge is 0.247 e. The summed E-state index contributed by atoms with van der Waals surface area (Å²) in [5.41, 5.74) is 14.4. The molecule has 0 aromatic heterocycles. The largest absolute Gasteiger partial charge is 0.504 e. The van der Waals surface area contributed by atoms with Gasteiger partial charge < -0.3 is 25.8 Å². The van der Waals surface area contributed by atoms with Gasteiger partial charge in [0.2, 0.25) is 6.23 Å². The second kappa shape index (κ2) is 17.8. The second-order valence-electron chi connectivity index (χ2n) is 14.1. The molecule has 3 aromatic carbocycles. The first-order chi connectivity index (χ1) is 25.3. The van der Waals surface area contributed by atoms with Crippen molar-refractivity contribution in [3.8, 4) is 23.3 Å². The number of ketones is 1. The van der Waals surface area contributed by atoms with Crippen molar-refractivity contribution < 1.29 is 29.8 Å². The molecule has 3 aliphatic rings. The highest BCUT2D eigenvalue weighted by Gasteiger charge is 2.35. The van der Waals surface area contributed by atoms with Crippen LogP contribution in [-0.4, -0.2) is 52.7 Å². The third kappa shape index (κ3) is 9.65. The molecule has 272 valence electrons. The number of hydrogen-bond donors (Lipinski definition) is 6. The molecule has 3 aliphatic heterocycles. The van der Waals surface area contributed by atoms with E-state index in [-0.39, 0.29) is 24.1 Å². The van der Waals surface area contributed by atoms with E-state index >= 15 is 0 Å². The quantitative estimate of drug-likeness (QED) is 0.0732. The molecule has 52 heavy (non-hydrogen) atoms. The minimum Gasteiger partial charge on any atom is -0.504 e. The molecule has 0 saturated carbocycles. The standard InChI is InChI=1S/C43H50N4O5/c1-2-3-5-11-34(48)25-35(49)17-14-30-15-19-40(51)41(22-30)52-42-13-8-12-39(50)36-18-16-31(43(44)45-21-20-29-9-6-4-7-10-29)23-32(36)24-33-26-46-38-28-47(42)27-37(33)38/h4,6-7,9-10,15-16,18-19,22-23,26,28,34,39,42-43,45,48,50-51H,2-3,5,11,13-14,17,20-21,24-25,27,44H2,1H3/p+1. The summed E-state index contributed by atoms with van der Waals surface area (Å²) in [7, 11) is 0. The number of nitrogens with zero attached hydrogens (tertiary/aromatic N) is 1. The molecule has 3 heterocycles. The Morgan fingerprint density at radius 1 is 1.10 bits per heavy atom. The van der Waals surface area contributed by atoms with Crippen LogP contribution in [0.5, 0.6) is 11.5 Å². The number of unbranched alkanes of at least 4 members (excludes halogenated alkanes) is 2. The molecule has 5 atom stereocenters. The van der Waals surface area contributed by atoms with E-state index in [0.29, 0.717) is 44.4 Å². The zero-order valence-electron chi connectivity index (χ0n) is 30.0. The average molecular weight is 704 g/mol. The van der Waals surface area contributed by atoms with Gasteiger partial charge in [-0.05, 0) is 71.2 Å². The first-order valence-corrected chi connectivity index (χ1v) is 18.6. The third-order valence-electron chi connectivity index (χ3n) is 10.1. The number of hydrogen-bond acceptors (Lipinski definition) is 8. The Morgan fingerprint density at radius 3 is 2.77 bits per heavy atom. The SMILES string of the molecule is CCCCCC(O)CC(=O)CCc1ccc(O)c(OC2CC#CC(O)c3ccc(C(N)NCCc4ccccc4)cc3CC3=C4C[NH+]2C=C4N=C3)c1. The summed E-state index contributed by atoms with van der Waals surface area (Å²) in [6.07, 6.45) is 7.89. The highest BCUT2D eigenvalue weighted by atomic mass is 16.5. The first-order valence-electron chi connectivity index (χ1n) is 18.6. The van der Waals surface area contributed by atoms with Crippen LogP contribution in [0.3, 0.4) is 0 Å². The number of aliphatic imine (C=N–C) groups is 1. The van der Waals surface area contributed by atoms with Crippen LogP contribution in [0.1, 0.15) is 92.0 Å². The lowest BCUT2D eigenvalue weighted by molar-refractivity contribution is -0.885. The van der Waals surface area contributed by atoms with Gasteiger partial charge in [-0.3, -0.25) is 20.0 Å². The molecule has 0 spiro atoms. The highest BCUT2D eigenvalue weighted by molar-refractivity contribution is 5.87. The normalized spacial score (nSPS) is 20.2. The Balaban J connectivity index is 1.15. The van der Waals surface area contributed by atoms with Crippen molar-refractivity contribution in [2.24, 2.45) is 10.7 Å². The van der Waals surface area contributed by atoms with Crippen molar-refractivity contribution in [2.45, 2.75) is 95.7 Å². The Hall–Kier alpha value is -4.56. The molecule has 0 aliphatic carbocycles. The summed E-state index contributed by atoms with van der Waals surface area (Å²) in [5, 5.41) is 35.8. The molecule has 0 saturated heterocycles. The monoisotopic (exact) mass is 703 g/mol. The Labute approximate surface area is 306 Å². The Morgan fingerprint density at radius 2 is 1.94 bits per heavy atom. The number of aliphatic hydroxyl groups is 2. The van der Waals surface area contributed by atoms with Crippen LogP contribution in [0.25, 0.3) is 0 Å². The molecule has 9 heteroatoms. The van der Waals surface area contributed by atoms with E-state index in [4.69, 9.17) is 15.5 Å². The average Bonchev–Trinajstić information content (AvgIpc) is 3.73. The van der Waals surface area contributed by atoms with E-state index in [1.165, 1.54) is 5.56 Å². The lowest BCUT2D eigenvalue weighted by Crippen LogP contribution is -3.11. The zero-order valence-corrected chi connectivity index (χ0v) is 30.0. The van der Waals surface area contributed by atoms with E-state index in [0.717, 1.165) is 76.2 Å². The van der Waals surface area contributed by atoms with E-state index in [1.807, 2.05) is 36.5 Å². The number of nitrogens with two attached hydrogens (primary N) is 1. The number of fused-ring (bicyclic) bond motifs is 2. The van der Waals surface area contributed by atoms with Crippen molar-refractivity contribution >= 4 is 12.0 Å². The summed E-state index contributed by atoms with van der Waals surface area (Å²) in [6.45, 7) is 3.49. The predicted octanol–water partition coefficient (Wildman–Crippen LogP) is 4.52. The van der Waals surface area contributed by atoms with Crippen LogP contribution in [0.15, 0.2) is 94.8 Å². The van der Waals surface area contributed by atoms with Crippen LogP contribution in [0, 0.1) is 11.8 Å². The van der Waals surface area contributed by atoms with Gasteiger partial charge in [-0.25, -0.2) is 0 Å². The van der Waals surface area contributed by atoms with Crippen molar-refractivity contribution in [1.82, 2.24) is 5.32 Å². The fourth-order valence-corrected chi connectivity index (χ4v) is 7.08.